The fraction of sp³-hybridized carbons (Fsp3) is 0.143. The highest BCUT2D eigenvalue weighted by atomic mass is 35.5. The summed E-state index contributed by atoms with van der Waals surface area (Å²) >= 11 is 6.08. The highest BCUT2D eigenvalue weighted by Gasteiger charge is 2.08. The summed E-state index contributed by atoms with van der Waals surface area (Å²) in [5.74, 6) is 0.347. The minimum absolute atomic E-state index is 0.327. The van der Waals surface area contributed by atoms with Crippen molar-refractivity contribution in [1.29, 1.82) is 0 Å². The number of hydrogen-bond acceptors (Lipinski definition) is 2. The predicted molar refractivity (Wildman–Crippen MR) is 71.3 cm³/mol. The van der Waals surface area contributed by atoms with Crippen molar-refractivity contribution in [3.63, 3.8) is 0 Å². The van der Waals surface area contributed by atoms with Crippen LogP contribution in [0.4, 0.5) is 4.39 Å². The van der Waals surface area contributed by atoms with Crippen LogP contribution in [0.1, 0.15) is 5.56 Å². The third kappa shape index (κ3) is 2.63. The quantitative estimate of drug-likeness (QED) is 0.920. The maximum absolute atomic E-state index is 13.3. The highest BCUT2D eigenvalue weighted by molar-refractivity contribution is 6.33. The van der Waals surface area contributed by atoms with Crippen molar-refractivity contribution in [2.45, 2.75) is 6.54 Å². The first kappa shape index (κ1) is 12.9. The highest BCUT2D eigenvalue weighted by Crippen LogP contribution is 2.31. The molecule has 0 aliphatic carbocycles. The molecule has 0 aliphatic heterocycles. The SMILES string of the molecule is COc1cc(CN)cc(-c2cc(F)ccc2Cl)c1. The van der Waals surface area contributed by atoms with Gasteiger partial charge in [-0.25, -0.2) is 4.39 Å². The van der Waals surface area contributed by atoms with Crippen LogP contribution in [0.5, 0.6) is 5.75 Å². The van der Waals surface area contributed by atoms with Crippen molar-refractivity contribution in [3.8, 4) is 16.9 Å². The van der Waals surface area contributed by atoms with Gasteiger partial charge in [-0.2, -0.15) is 0 Å². The van der Waals surface area contributed by atoms with E-state index in [0.29, 0.717) is 22.9 Å². The topological polar surface area (TPSA) is 35.2 Å². The van der Waals surface area contributed by atoms with Crippen LogP contribution < -0.4 is 10.5 Å². The van der Waals surface area contributed by atoms with Crippen LogP contribution in [-0.2, 0) is 6.54 Å². The van der Waals surface area contributed by atoms with Gasteiger partial charge in [-0.15, -0.1) is 0 Å². The molecule has 0 bridgehead atoms. The molecule has 0 radical (unpaired) electrons. The molecule has 0 saturated heterocycles. The van der Waals surface area contributed by atoms with Crippen LogP contribution in [0, 0.1) is 5.82 Å². The summed E-state index contributed by atoms with van der Waals surface area (Å²) < 4.78 is 18.5. The summed E-state index contributed by atoms with van der Waals surface area (Å²) in [6.07, 6.45) is 0. The van der Waals surface area contributed by atoms with Crippen LogP contribution in [0.25, 0.3) is 11.1 Å². The van der Waals surface area contributed by atoms with Crippen molar-refractivity contribution < 1.29 is 9.13 Å². The molecule has 0 aromatic heterocycles. The fourth-order valence-corrected chi connectivity index (χ4v) is 2.00. The van der Waals surface area contributed by atoms with Crippen LogP contribution in [-0.4, -0.2) is 7.11 Å². The van der Waals surface area contributed by atoms with Gasteiger partial charge in [0.2, 0.25) is 0 Å². The smallest absolute Gasteiger partial charge is 0.123 e. The zero-order valence-corrected chi connectivity index (χ0v) is 10.7. The molecule has 2 aromatic carbocycles. The monoisotopic (exact) mass is 265 g/mol. The maximum Gasteiger partial charge on any atom is 0.123 e. The van der Waals surface area contributed by atoms with E-state index in [1.165, 1.54) is 18.2 Å². The Labute approximate surface area is 110 Å². The summed E-state index contributed by atoms with van der Waals surface area (Å²) in [6, 6.07) is 9.79. The second-order valence-electron chi connectivity index (χ2n) is 3.90. The lowest BCUT2D eigenvalue weighted by Crippen LogP contribution is -1.97. The number of rotatable bonds is 3. The van der Waals surface area contributed by atoms with Crippen molar-refractivity contribution >= 4 is 11.6 Å². The van der Waals surface area contributed by atoms with E-state index in [1.54, 1.807) is 13.2 Å². The van der Waals surface area contributed by atoms with E-state index in [1.807, 2.05) is 12.1 Å². The van der Waals surface area contributed by atoms with E-state index in [4.69, 9.17) is 22.1 Å². The Bertz CT molecular complexity index is 549. The normalized spacial score (nSPS) is 10.4. The van der Waals surface area contributed by atoms with E-state index in [2.05, 4.69) is 0 Å². The van der Waals surface area contributed by atoms with E-state index in [0.717, 1.165) is 11.1 Å². The molecule has 2 aromatic rings. The van der Waals surface area contributed by atoms with Gasteiger partial charge in [0.05, 0.1) is 7.11 Å². The number of ether oxygens (including phenoxy) is 1. The van der Waals surface area contributed by atoms with Gasteiger partial charge in [0.1, 0.15) is 11.6 Å². The van der Waals surface area contributed by atoms with E-state index >= 15 is 0 Å². The Morgan fingerprint density at radius 1 is 1.22 bits per heavy atom. The summed E-state index contributed by atoms with van der Waals surface area (Å²) in [5.41, 5.74) is 7.95. The molecular formula is C14H13ClFNO. The van der Waals surface area contributed by atoms with Crippen molar-refractivity contribution in [3.05, 3.63) is 52.8 Å². The molecule has 0 aliphatic rings. The minimum Gasteiger partial charge on any atom is -0.497 e. The zero-order chi connectivity index (χ0) is 13.1. The molecule has 94 valence electrons. The number of halogens is 2. The number of benzene rings is 2. The van der Waals surface area contributed by atoms with Gasteiger partial charge in [-0.3, -0.25) is 0 Å². The first-order valence-corrected chi connectivity index (χ1v) is 5.85. The second-order valence-corrected chi connectivity index (χ2v) is 4.31. The standard InChI is InChI=1S/C14H13ClFNO/c1-18-12-5-9(8-17)4-10(6-12)13-7-11(16)2-3-14(13)15/h2-7H,8,17H2,1H3. The molecule has 2 nitrogen and oxygen atoms in total. The van der Waals surface area contributed by atoms with Gasteiger partial charge in [0.15, 0.2) is 0 Å². The van der Waals surface area contributed by atoms with Gasteiger partial charge in [0.25, 0.3) is 0 Å². The summed E-state index contributed by atoms with van der Waals surface area (Å²) in [7, 11) is 1.58. The Hall–Kier alpha value is -1.58. The van der Waals surface area contributed by atoms with Crippen molar-refractivity contribution in [1.82, 2.24) is 0 Å². The lowest BCUT2D eigenvalue weighted by molar-refractivity contribution is 0.414. The third-order valence-electron chi connectivity index (χ3n) is 2.68. The average Bonchev–Trinajstić information content (AvgIpc) is 2.40. The number of nitrogens with two attached hydrogens (primary N) is 1. The number of hydrogen-bond donors (Lipinski definition) is 1. The molecule has 2 N–H and O–H groups in total. The molecular weight excluding hydrogens is 253 g/mol. The maximum atomic E-state index is 13.3. The van der Waals surface area contributed by atoms with E-state index in [-0.39, 0.29) is 5.82 Å². The first-order chi connectivity index (χ1) is 8.63. The summed E-state index contributed by atoms with van der Waals surface area (Å²) in [6.45, 7) is 0.386. The molecule has 2 rings (SSSR count). The van der Waals surface area contributed by atoms with E-state index in [9.17, 15) is 4.39 Å². The molecule has 0 atom stereocenters. The Kier molecular flexibility index (Phi) is 3.84. The largest absolute Gasteiger partial charge is 0.497 e. The Balaban J connectivity index is 2.58. The van der Waals surface area contributed by atoms with Gasteiger partial charge in [-0.1, -0.05) is 11.6 Å². The number of methoxy groups -OCH3 is 1. The zero-order valence-electron chi connectivity index (χ0n) is 9.91. The van der Waals surface area contributed by atoms with Gasteiger partial charge in [0, 0.05) is 17.1 Å². The molecule has 0 fully saturated rings. The van der Waals surface area contributed by atoms with Gasteiger partial charge in [-0.05, 0) is 47.5 Å². The lowest BCUT2D eigenvalue weighted by Gasteiger charge is -2.09. The van der Waals surface area contributed by atoms with Gasteiger partial charge >= 0.3 is 0 Å². The second kappa shape index (κ2) is 5.38. The molecule has 0 spiro atoms. The summed E-state index contributed by atoms with van der Waals surface area (Å²) in [4.78, 5) is 0. The first-order valence-electron chi connectivity index (χ1n) is 5.47. The molecule has 4 heteroatoms. The van der Waals surface area contributed by atoms with Crippen LogP contribution in [0.3, 0.4) is 0 Å². The fourth-order valence-electron chi connectivity index (χ4n) is 1.77. The van der Waals surface area contributed by atoms with Crippen molar-refractivity contribution in [2.24, 2.45) is 5.73 Å². The van der Waals surface area contributed by atoms with Crippen LogP contribution in [0.15, 0.2) is 36.4 Å². The van der Waals surface area contributed by atoms with Crippen LogP contribution in [0.2, 0.25) is 5.02 Å². The minimum atomic E-state index is -0.327. The molecule has 0 saturated carbocycles. The Morgan fingerprint density at radius 3 is 2.67 bits per heavy atom. The van der Waals surface area contributed by atoms with Crippen LogP contribution >= 0.6 is 11.6 Å². The van der Waals surface area contributed by atoms with Crippen molar-refractivity contribution in [2.75, 3.05) is 7.11 Å². The average molecular weight is 266 g/mol. The van der Waals surface area contributed by atoms with E-state index < -0.39 is 0 Å². The van der Waals surface area contributed by atoms with Gasteiger partial charge < -0.3 is 10.5 Å². The molecule has 0 unspecified atom stereocenters. The summed E-state index contributed by atoms with van der Waals surface area (Å²) in [5, 5.41) is 0.493. The molecule has 0 amide bonds. The Morgan fingerprint density at radius 2 is 2.00 bits per heavy atom. The molecule has 0 heterocycles. The third-order valence-corrected chi connectivity index (χ3v) is 3.01. The molecule has 18 heavy (non-hydrogen) atoms. The predicted octanol–water partition coefficient (Wildman–Crippen LogP) is 3.61. The lowest BCUT2D eigenvalue weighted by atomic mass is 10.0.